The van der Waals surface area contributed by atoms with Gasteiger partial charge in [-0.2, -0.15) is 0 Å². The summed E-state index contributed by atoms with van der Waals surface area (Å²) < 4.78 is 13.9. The topological polar surface area (TPSA) is 32.3 Å². The summed E-state index contributed by atoms with van der Waals surface area (Å²) in [5, 5.41) is 2.96. The molecule has 0 spiro atoms. The summed E-state index contributed by atoms with van der Waals surface area (Å²) in [6.07, 6.45) is 1.04. The van der Waals surface area contributed by atoms with Crippen LogP contribution < -0.4 is 5.32 Å². The standard InChI is InChI=1S/C16H23FN2O/c1-4-18-15-13(6-5-7-14(15)17)16(20)19-9-8-12(10-19)11(2)3/h5-7,11-12,18H,4,8-10H2,1-3H3. The molecule has 1 amide bonds. The summed E-state index contributed by atoms with van der Waals surface area (Å²) in [7, 11) is 0. The molecule has 1 fully saturated rings. The molecule has 0 aromatic heterocycles. The number of carbonyl (C=O) groups is 1. The highest BCUT2D eigenvalue weighted by atomic mass is 19.1. The Bertz CT molecular complexity index is 487. The molecule has 1 aromatic carbocycles. The van der Waals surface area contributed by atoms with Crippen LogP contribution in [0.2, 0.25) is 0 Å². The van der Waals surface area contributed by atoms with Crippen molar-refractivity contribution in [3.63, 3.8) is 0 Å². The lowest BCUT2D eigenvalue weighted by molar-refractivity contribution is 0.0784. The van der Waals surface area contributed by atoms with E-state index in [1.54, 1.807) is 12.1 Å². The fraction of sp³-hybridized carbons (Fsp3) is 0.562. The quantitative estimate of drug-likeness (QED) is 0.915. The summed E-state index contributed by atoms with van der Waals surface area (Å²) in [4.78, 5) is 14.4. The van der Waals surface area contributed by atoms with Crippen molar-refractivity contribution in [1.82, 2.24) is 4.90 Å². The van der Waals surface area contributed by atoms with Crippen LogP contribution in [0.1, 0.15) is 37.6 Å². The van der Waals surface area contributed by atoms with E-state index in [2.05, 4.69) is 19.2 Å². The first kappa shape index (κ1) is 14.8. The molecule has 4 heteroatoms. The van der Waals surface area contributed by atoms with Crippen LogP contribution in [0.25, 0.3) is 0 Å². The molecule has 0 radical (unpaired) electrons. The van der Waals surface area contributed by atoms with Crippen molar-refractivity contribution in [2.24, 2.45) is 11.8 Å². The predicted octanol–water partition coefficient (Wildman–Crippen LogP) is 3.38. The Kier molecular flexibility index (Phi) is 4.63. The van der Waals surface area contributed by atoms with Gasteiger partial charge in [-0.3, -0.25) is 4.79 Å². The van der Waals surface area contributed by atoms with Gasteiger partial charge >= 0.3 is 0 Å². The first-order chi connectivity index (χ1) is 9.54. The Balaban J connectivity index is 2.20. The van der Waals surface area contributed by atoms with E-state index in [0.29, 0.717) is 29.6 Å². The average Bonchev–Trinajstić information content (AvgIpc) is 2.90. The third-order valence-corrected chi connectivity index (χ3v) is 4.05. The smallest absolute Gasteiger partial charge is 0.256 e. The first-order valence-corrected chi connectivity index (χ1v) is 7.36. The molecule has 1 atom stereocenters. The minimum Gasteiger partial charge on any atom is -0.382 e. The molecule has 3 nitrogen and oxygen atoms in total. The van der Waals surface area contributed by atoms with Gasteiger partial charge in [-0.25, -0.2) is 4.39 Å². The highest BCUT2D eigenvalue weighted by molar-refractivity contribution is 5.99. The number of benzene rings is 1. The van der Waals surface area contributed by atoms with Gasteiger partial charge in [0.1, 0.15) is 5.82 Å². The van der Waals surface area contributed by atoms with Crippen LogP contribution in [0.15, 0.2) is 18.2 Å². The number of anilines is 1. The number of likely N-dealkylation sites (tertiary alicyclic amines) is 1. The number of carbonyl (C=O) groups excluding carboxylic acids is 1. The molecule has 1 heterocycles. The van der Waals surface area contributed by atoms with Gasteiger partial charge in [0.15, 0.2) is 0 Å². The number of hydrogen-bond donors (Lipinski definition) is 1. The molecule has 1 aliphatic rings. The molecule has 20 heavy (non-hydrogen) atoms. The zero-order valence-electron chi connectivity index (χ0n) is 12.4. The van der Waals surface area contributed by atoms with Crippen LogP contribution in [0, 0.1) is 17.7 Å². The molecule has 1 saturated heterocycles. The number of para-hydroxylation sites is 1. The number of halogens is 1. The molecule has 1 aliphatic heterocycles. The molecule has 0 saturated carbocycles. The lowest BCUT2D eigenvalue weighted by atomic mass is 9.95. The largest absolute Gasteiger partial charge is 0.382 e. The molecular weight excluding hydrogens is 255 g/mol. The van der Waals surface area contributed by atoms with Crippen molar-refractivity contribution >= 4 is 11.6 Å². The Morgan fingerprint density at radius 2 is 2.25 bits per heavy atom. The van der Waals surface area contributed by atoms with Gasteiger partial charge in [0.25, 0.3) is 5.91 Å². The summed E-state index contributed by atoms with van der Waals surface area (Å²) in [6, 6.07) is 4.68. The van der Waals surface area contributed by atoms with Crippen LogP contribution in [0.4, 0.5) is 10.1 Å². The summed E-state index contributed by atoms with van der Waals surface area (Å²) in [5.41, 5.74) is 0.768. The van der Waals surface area contributed by atoms with Crippen LogP contribution in [0.5, 0.6) is 0 Å². The van der Waals surface area contributed by atoms with Crippen molar-refractivity contribution in [2.75, 3.05) is 25.0 Å². The predicted molar refractivity (Wildman–Crippen MR) is 79.4 cm³/mol. The van der Waals surface area contributed by atoms with Gasteiger partial charge in [0.2, 0.25) is 0 Å². The molecule has 2 rings (SSSR count). The number of hydrogen-bond acceptors (Lipinski definition) is 2. The Labute approximate surface area is 120 Å². The summed E-state index contributed by atoms with van der Waals surface area (Å²) >= 11 is 0. The van der Waals surface area contributed by atoms with Gasteiger partial charge in [-0.05, 0) is 37.3 Å². The molecular formula is C16H23FN2O. The van der Waals surface area contributed by atoms with Gasteiger partial charge in [-0.15, -0.1) is 0 Å². The van der Waals surface area contributed by atoms with Crippen molar-refractivity contribution in [3.8, 4) is 0 Å². The first-order valence-electron chi connectivity index (χ1n) is 7.36. The van der Waals surface area contributed by atoms with E-state index in [1.807, 2.05) is 11.8 Å². The number of nitrogens with zero attached hydrogens (tertiary/aromatic N) is 1. The van der Waals surface area contributed by atoms with E-state index in [-0.39, 0.29) is 11.7 Å². The van der Waals surface area contributed by atoms with Gasteiger partial charge in [0.05, 0.1) is 11.3 Å². The second-order valence-electron chi connectivity index (χ2n) is 5.74. The average molecular weight is 278 g/mol. The Morgan fingerprint density at radius 3 is 2.85 bits per heavy atom. The molecule has 1 unspecified atom stereocenters. The van der Waals surface area contributed by atoms with Gasteiger partial charge in [-0.1, -0.05) is 19.9 Å². The third-order valence-electron chi connectivity index (χ3n) is 4.05. The van der Waals surface area contributed by atoms with E-state index < -0.39 is 0 Å². The lowest BCUT2D eigenvalue weighted by Gasteiger charge is -2.20. The fourth-order valence-corrected chi connectivity index (χ4v) is 2.75. The Morgan fingerprint density at radius 1 is 1.50 bits per heavy atom. The van der Waals surface area contributed by atoms with Crippen molar-refractivity contribution < 1.29 is 9.18 Å². The molecule has 0 bridgehead atoms. The summed E-state index contributed by atoms with van der Waals surface area (Å²) in [5.74, 6) is 0.699. The number of rotatable bonds is 4. The highest BCUT2D eigenvalue weighted by Crippen LogP contribution is 2.27. The normalized spacial score (nSPS) is 18.6. The number of amides is 1. The number of nitrogens with one attached hydrogen (secondary N) is 1. The second-order valence-corrected chi connectivity index (χ2v) is 5.74. The van der Waals surface area contributed by atoms with Crippen molar-refractivity contribution in [1.29, 1.82) is 0 Å². The molecule has 1 N–H and O–H groups in total. The van der Waals surface area contributed by atoms with Crippen molar-refractivity contribution in [2.45, 2.75) is 27.2 Å². The highest BCUT2D eigenvalue weighted by Gasteiger charge is 2.30. The van der Waals surface area contributed by atoms with E-state index in [1.165, 1.54) is 6.07 Å². The minimum absolute atomic E-state index is 0.0661. The zero-order chi connectivity index (χ0) is 14.7. The fourth-order valence-electron chi connectivity index (χ4n) is 2.75. The monoisotopic (exact) mass is 278 g/mol. The van der Waals surface area contributed by atoms with Crippen molar-refractivity contribution in [3.05, 3.63) is 29.6 Å². The van der Waals surface area contributed by atoms with Crippen LogP contribution in [-0.2, 0) is 0 Å². The lowest BCUT2D eigenvalue weighted by Crippen LogP contribution is -2.30. The van der Waals surface area contributed by atoms with Gasteiger partial charge in [0, 0.05) is 19.6 Å². The maximum absolute atomic E-state index is 13.9. The van der Waals surface area contributed by atoms with Crippen LogP contribution in [-0.4, -0.2) is 30.4 Å². The van der Waals surface area contributed by atoms with Gasteiger partial charge < -0.3 is 10.2 Å². The SMILES string of the molecule is CCNc1c(F)cccc1C(=O)N1CCC(C(C)C)C1. The summed E-state index contributed by atoms with van der Waals surface area (Å²) in [6.45, 7) is 8.40. The molecule has 110 valence electrons. The molecule has 0 aliphatic carbocycles. The van der Waals surface area contributed by atoms with E-state index >= 15 is 0 Å². The van der Waals surface area contributed by atoms with E-state index in [9.17, 15) is 9.18 Å². The molecule has 1 aromatic rings. The maximum atomic E-state index is 13.9. The van der Waals surface area contributed by atoms with Crippen LogP contribution in [0.3, 0.4) is 0 Å². The Hall–Kier alpha value is -1.58. The zero-order valence-corrected chi connectivity index (χ0v) is 12.4. The van der Waals surface area contributed by atoms with E-state index in [4.69, 9.17) is 0 Å². The maximum Gasteiger partial charge on any atom is 0.256 e. The van der Waals surface area contributed by atoms with E-state index in [0.717, 1.165) is 19.5 Å². The second kappa shape index (κ2) is 6.25. The minimum atomic E-state index is -0.364. The third kappa shape index (κ3) is 2.94. The van der Waals surface area contributed by atoms with Crippen LogP contribution >= 0.6 is 0 Å².